The summed E-state index contributed by atoms with van der Waals surface area (Å²) in [6, 6.07) is 13.5. The fourth-order valence-corrected chi connectivity index (χ4v) is 2.76. The van der Waals surface area contributed by atoms with Crippen LogP contribution in [0.2, 0.25) is 0 Å². The minimum atomic E-state index is -0.0242. The second-order valence-corrected chi connectivity index (χ2v) is 5.32. The van der Waals surface area contributed by atoms with E-state index < -0.39 is 0 Å². The van der Waals surface area contributed by atoms with Gasteiger partial charge < -0.3 is 15.8 Å². The Hall–Kier alpha value is -2.49. The van der Waals surface area contributed by atoms with Crippen molar-refractivity contribution in [2.45, 2.75) is 12.8 Å². The number of carbonyl (C=O) groups is 1. The number of nitrogens with one attached hydrogen (secondary N) is 1. The van der Waals surface area contributed by atoms with E-state index >= 15 is 0 Å². The Morgan fingerprint density at radius 2 is 1.86 bits per heavy atom. The van der Waals surface area contributed by atoms with Crippen molar-refractivity contribution < 1.29 is 9.53 Å². The van der Waals surface area contributed by atoms with Gasteiger partial charge in [-0.15, -0.1) is 0 Å². The predicted octanol–water partition coefficient (Wildman–Crippen LogP) is 2.63. The normalized spacial score (nSPS) is 13.8. The van der Waals surface area contributed by atoms with E-state index in [2.05, 4.69) is 17.4 Å². The van der Waals surface area contributed by atoms with Gasteiger partial charge in [0.2, 0.25) is 5.91 Å². The molecule has 0 radical (unpaired) electrons. The summed E-state index contributed by atoms with van der Waals surface area (Å²) in [5.74, 6) is 0.672. The number of carbonyl (C=O) groups excluding carboxylic acids is 1. The molecule has 2 aromatic carbocycles. The maximum absolute atomic E-state index is 12.4. The van der Waals surface area contributed by atoms with Gasteiger partial charge in [0.05, 0.1) is 18.5 Å². The van der Waals surface area contributed by atoms with E-state index in [0.717, 1.165) is 12.8 Å². The van der Waals surface area contributed by atoms with Gasteiger partial charge in [-0.2, -0.15) is 0 Å². The van der Waals surface area contributed by atoms with Gasteiger partial charge in [-0.05, 0) is 36.1 Å². The van der Waals surface area contributed by atoms with Crippen LogP contribution in [0.1, 0.15) is 11.1 Å². The molecule has 0 saturated carbocycles. The van der Waals surface area contributed by atoms with Crippen LogP contribution in [-0.2, 0) is 17.6 Å². The number of benzene rings is 2. The molecule has 0 fully saturated rings. The van der Waals surface area contributed by atoms with Gasteiger partial charge >= 0.3 is 0 Å². The van der Waals surface area contributed by atoms with Crippen LogP contribution in [0.15, 0.2) is 42.5 Å². The summed E-state index contributed by atoms with van der Waals surface area (Å²) in [6.07, 6.45) is 1.58. The molecule has 1 aliphatic carbocycles. The second-order valence-electron chi connectivity index (χ2n) is 5.32. The number of nitrogens with two attached hydrogens (primary N) is 1. The summed E-state index contributed by atoms with van der Waals surface area (Å²) in [5.41, 5.74) is 9.61. The maximum Gasteiger partial charge on any atom is 0.228 e. The van der Waals surface area contributed by atoms with Crippen LogP contribution in [-0.4, -0.2) is 13.0 Å². The zero-order valence-corrected chi connectivity index (χ0v) is 11.9. The molecule has 0 heterocycles. The lowest BCUT2D eigenvalue weighted by Gasteiger charge is -2.13. The number of ether oxygens (including phenoxy) is 1. The van der Waals surface area contributed by atoms with Crippen LogP contribution in [0.3, 0.4) is 0 Å². The van der Waals surface area contributed by atoms with Crippen LogP contribution >= 0.6 is 0 Å². The molecule has 4 heteroatoms. The van der Waals surface area contributed by atoms with E-state index in [1.54, 1.807) is 25.3 Å². The lowest BCUT2D eigenvalue weighted by atomic mass is 10.1. The molecule has 1 amide bonds. The highest BCUT2D eigenvalue weighted by molar-refractivity contribution is 5.96. The third kappa shape index (κ3) is 2.70. The highest BCUT2D eigenvalue weighted by Gasteiger charge is 2.27. The first-order chi connectivity index (χ1) is 10.2. The fourth-order valence-electron chi connectivity index (χ4n) is 2.76. The van der Waals surface area contributed by atoms with Gasteiger partial charge in [-0.1, -0.05) is 24.3 Å². The number of rotatable bonds is 3. The van der Waals surface area contributed by atoms with Gasteiger partial charge in [0.1, 0.15) is 5.75 Å². The molecule has 0 aliphatic heterocycles. The molecule has 0 unspecified atom stereocenters. The lowest BCUT2D eigenvalue weighted by Crippen LogP contribution is -2.23. The van der Waals surface area contributed by atoms with Crippen molar-refractivity contribution in [2.75, 3.05) is 18.2 Å². The number of hydrogen-bond donors (Lipinski definition) is 2. The van der Waals surface area contributed by atoms with Gasteiger partial charge in [0.25, 0.3) is 0 Å². The van der Waals surface area contributed by atoms with E-state index in [9.17, 15) is 4.79 Å². The van der Waals surface area contributed by atoms with Crippen LogP contribution in [0.25, 0.3) is 0 Å². The summed E-state index contributed by atoms with van der Waals surface area (Å²) >= 11 is 0. The number of fused-ring (bicyclic) bond motifs is 1. The molecular weight excluding hydrogens is 264 g/mol. The molecule has 0 spiro atoms. The van der Waals surface area contributed by atoms with Crippen LogP contribution in [0, 0.1) is 5.92 Å². The fraction of sp³-hybridized carbons (Fsp3) is 0.235. The molecule has 0 aromatic heterocycles. The number of methoxy groups -OCH3 is 1. The van der Waals surface area contributed by atoms with E-state index in [0.29, 0.717) is 17.1 Å². The lowest BCUT2D eigenvalue weighted by molar-refractivity contribution is -0.119. The molecule has 3 N–H and O–H groups in total. The molecule has 1 aliphatic rings. The Balaban J connectivity index is 1.71. The largest absolute Gasteiger partial charge is 0.497 e. The summed E-state index contributed by atoms with van der Waals surface area (Å²) in [4.78, 5) is 12.4. The predicted molar refractivity (Wildman–Crippen MR) is 83.4 cm³/mol. The summed E-state index contributed by atoms with van der Waals surface area (Å²) in [6.45, 7) is 0. The molecule has 0 bridgehead atoms. The van der Waals surface area contributed by atoms with Crippen molar-refractivity contribution in [3.63, 3.8) is 0 Å². The van der Waals surface area contributed by atoms with Crippen molar-refractivity contribution in [1.82, 2.24) is 0 Å². The first kappa shape index (κ1) is 13.5. The summed E-state index contributed by atoms with van der Waals surface area (Å²) in [5, 5.41) is 2.92. The molecular formula is C17H18N2O2. The Morgan fingerprint density at radius 3 is 2.43 bits per heavy atom. The first-order valence-corrected chi connectivity index (χ1v) is 6.98. The number of nitrogen functional groups attached to an aromatic ring is 1. The Morgan fingerprint density at radius 1 is 1.19 bits per heavy atom. The zero-order valence-electron chi connectivity index (χ0n) is 11.9. The van der Waals surface area contributed by atoms with E-state index in [-0.39, 0.29) is 11.8 Å². The first-order valence-electron chi connectivity index (χ1n) is 6.98. The molecule has 21 heavy (non-hydrogen) atoms. The Bertz CT molecular complexity index is 657. The van der Waals surface area contributed by atoms with Gasteiger partial charge in [0, 0.05) is 12.0 Å². The summed E-state index contributed by atoms with van der Waals surface area (Å²) in [7, 11) is 1.59. The summed E-state index contributed by atoms with van der Waals surface area (Å²) < 4.78 is 5.10. The van der Waals surface area contributed by atoms with E-state index in [1.807, 2.05) is 12.1 Å². The second kappa shape index (κ2) is 5.48. The maximum atomic E-state index is 12.4. The number of amides is 1. The van der Waals surface area contributed by atoms with Gasteiger partial charge in [-0.3, -0.25) is 4.79 Å². The number of anilines is 2. The number of hydrogen-bond acceptors (Lipinski definition) is 3. The molecule has 4 nitrogen and oxygen atoms in total. The van der Waals surface area contributed by atoms with Crippen molar-refractivity contribution >= 4 is 17.3 Å². The topological polar surface area (TPSA) is 64.3 Å². The molecule has 3 rings (SSSR count). The van der Waals surface area contributed by atoms with Gasteiger partial charge in [0.15, 0.2) is 0 Å². The zero-order chi connectivity index (χ0) is 14.8. The average molecular weight is 282 g/mol. The third-order valence-electron chi connectivity index (χ3n) is 3.94. The van der Waals surface area contributed by atoms with Crippen LogP contribution in [0.4, 0.5) is 11.4 Å². The highest BCUT2D eigenvalue weighted by Crippen LogP contribution is 2.29. The smallest absolute Gasteiger partial charge is 0.228 e. The molecule has 2 aromatic rings. The van der Waals surface area contributed by atoms with Crippen molar-refractivity contribution in [3.8, 4) is 5.75 Å². The molecule has 0 saturated heterocycles. The standard InChI is InChI=1S/C17H18N2O2/c1-21-14-6-7-16(15(18)10-14)19-17(20)13-8-11-4-2-3-5-12(11)9-13/h2-7,10,13H,8-9,18H2,1H3,(H,19,20). The van der Waals surface area contributed by atoms with Crippen LogP contribution in [0.5, 0.6) is 5.75 Å². The minimum absolute atomic E-state index is 0.0167. The van der Waals surface area contributed by atoms with Crippen molar-refractivity contribution in [1.29, 1.82) is 0 Å². The van der Waals surface area contributed by atoms with E-state index in [1.165, 1.54) is 11.1 Å². The highest BCUT2D eigenvalue weighted by atomic mass is 16.5. The monoisotopic (exact) mass is 282 g/mol. The van der Waals surface area contributed by atoms with Crippen LogP contribution < -0.4 is 15.8 Å². The SMILES string of the molecule is COc1ccc(NC(=O)C2Cc3ccccc3C2)c(N)c1. The van der Waals surface area contributed by atoms with Gasteiger partial charge in [-0.25, -0.2) is 0 Å². The minimum Gasteiger partial charge on any atom is -0.497 e. The Labute approximate surface area is 123 Å². The average Bonchev–Trinajstić information content (AvgIpc) is 2.93. The Kier molecular flexibility index (Phi) is 3.52. The quantitative estimate of drug-likeness (QED) is 0.851. The third-order valence-corrected chi connectivity index (χ3v) is 3.94. The van der Waals surface area contributed by atoms with Crippen molar-refractivity contribution in [3.05, 3.63) is 53.6 Å². The van der Waals surface area contributed by atoms with Crippen molar-refractivity contribution in [2.24, 2.45) is 5.92 Å². The molecule has 0 atom stereocenters. The van der Waals surface area contributed by atoms with E-state index in [4.69, 9.17) is 10.5 Å². The molecule has 108 valence electrons.